The topological polar surface area (TPSA) is 119 Å². The van der Waals surface area contributed by atoms with Crippen LogP contribution in [0.25, 0.3) is 0 Å². The van der Waals surface area contributed by atoms with Gasteiger partial charge in [-0.05, 0) is 60.4 Å². The third-order valence-corrected chi connectivity index (χ3v) is 6.72. The molecule has 1 aliphatic carbocycles. The van der Waals surface area contributed by atoms with E-state index in [4.69, 9.17) is 19.5 Å². The van der Waals surface area contributed by atoms with Crippen LogP contribution in [-0.2, 0) is 42.6 Å². The van der Waals surface area contributed by atoms with Crippen LogP contribution in [0.4, 0.5) is 0 Å². The Balaban J connectivity index is 0. The minimum Gasteiger partial charge on any atom is -0.497 e. The number of alkyl halides is 2. The normalized spacial score (nSPS) is 13.9. The molecule has 0 saturated heterocycles. The number of hydrogen-bond donors (Lipinski definition) is 0. The highest BCUT2D eigenvalue weighted by atomic mass is 79.9. The summed E-state index contributed by atoms with van der Waals surface area (Å²) in [7, 11) is 3.28. The molecule has 1 unspecified atom stereocenters. The van der Waals surface area contributed by atoms with E-state index in [1.165, 1.54) is 11.1 Å². The fourth-order valence-corrected chi connectivity index (χ4v) is 4.65. The number of nitrogens with zero attached hydrogens (tertiary/aromatic N) is 2. The molecular weight excluding hydrogens is 644 g/mol. The van der Waals surface area contributed by atoms with Crippen molar-refractivity contribution in [1.29, 1.82) is 10.5 Å². The molecule has 0 fully saturated rings. The number of benzene rings is 2. The van der Waals surface area contributed by atoms with Gasteiger partial charge in [0, 0.05) is 23.5 Å². The number of hydrogen-bond acceptors (Lipinski definition) is 8. The Morgan fingerprint density at radius 3 is 1.90 bits per heavy atom. The van der Waals surface area contributed by atoms with Gasteiger partial charge < -0.3 is 18.9 Å². The molecule has 220 valence electrons. The van der Waals surface area contributed by atoms with Crippen LogP contribution in [0.15, 0.2) is 36.4 Å². The first kappa shape index (κ1) is 39.1. The van der Waals surface area contributed by atoms with Gasteiger partial charge in [-0.2, -0.15) is 10.5 Å². The van der Waals surface area contributed by atoms with Gasteiger partial charge in [-0.15, -0.1) is 0 Å². The highest BCUT2D eigenvalue weighted by molar-refractivity contribution is 9.09. The molecule has 0 amide bonds. The van der Waals surface area contributed by atoms with Gasteiger partial charge in [0.15, 0.2) is 5.41 Å². The van der Waals surface area contributed by atoms with Crippen molar-refractivity contribution < 1.29 is 28.5 Å². The van der Waals surface area contributed by atoms with Crippen molar-refractivity contribution in [2.75, 3.05) is 27.4 Å². The molecule has 2 aromatic carbocycles. The molecule has 0 N–H and O–H groups in total. The van der Waals surface area contributed by atoms with Crippen molar-refractivity contribution in [3.63, 3.8) is 0 Å². The van der Waals surface area contributed by atoms with E-state index in [1.54, 1.807) is 34.1 Å². The monoisotopic (exact) mass is 682 g/mol. The highest BCUT2D eigenvalue weighted by Gasteiger charge is 2.45. The summed E-state index contributed by atoms with van der Waals surface area (Å²) in [5.74, 6) is 0.776. The number of esters is 2. The van der Waals surface area contributed by atoms with Gasteiger partial charge in [-0.25, -0.2) is 0 Å². The van der Waals surface area contributed by atoms with Crippen molar-refractivity contribution in [2.45, 2.75) is 58.6 Å². The van der Waals surface area contributed by atoms with Crippen molar-refractivity contribution in [2.24, 2.45) is 5.41 Å². The Kier molecular flexibility index (Phi) is 20.3. The zero-order valence-electron chi connectivity index (χ0n) is 22.0. The molecule has 0 spiro atoms. The predicted molar refractivity (Wildman–Crippen MR) is 164 cm³/mol. The Hall–Kier alpha value is -3.08. The number of carbonyl (C=O) groups is 2. The Bertz CT molecular complexity index is 1160. The van der Waals surface area contributed by atoms with Crippen molar-refractivity contribution >= 4 is 43.8 Å². The second-order valence-electron chi connectivity index (χ2n) is 7.94. The van der Waals surface area contributed by atoms with Crippen molar-refractivity contribution in [3.8, 4) is 23.6 Å². The Labute approximate surface area is 255 Å². The molecule has 1 aliphatic rings. The maximum Gasteiger partial charge on any atom is 0.327 e. The van der Waals surface area contributed by atoms with Crippen LogP contribution >= 0.6 is 31.9 Å². The summed E-state index contributed by atoms with van der Waals surface area (Å²) in [5.41, 5.74) is 3.51. The lowest BCUT2D eigenvalue weighted by Crippen LogP contribution is -2.32. The quantitative estimate of drug-likeness (QED) is 0.214. The smallest absolute Gasteiger partial charge is 0.327 e. The number of carbonyl (C=O) groups excluding carboxylic acids is 2. The fraction of sp³-hybridized carbons (Fsp3) is 0.467. The van der Waals surface area contributed by atoms with Gasteiger partial charge >= 0.3 is 11.9 Å². The summed E-state index contributed by atoms with van der Waals surface area (Å²) >= 11 is 6.87. The zero-order valence-corrected chi connectivity index (χ0v) is 25.2. The molecule has 2 aromatic rings. The molecule has 0 aliphatic heterocycles. The third kappa shape index (κ3) is 11.6. The highest BCUT2D eigenvalue weighted by Crippen LogP contribution is 2.39. The molecular formula is C30H40Br2N2O6. The average molecular weight is 684 g/mol. The van der Waals surface area contributed by atoms with E-state index in [0.717, 1.165) is 33.3 Å². The number of nitriles is 2. The van der Waals surface area contributed by atoms with Crippen LogP contribution in [0.5, 0.6) is 11.5 Å². The molecule has 0 bridgehead atoms. The first-order valence-electron chi connectivity index (χ1n) is 11.8. The van der Waals surface area contributed by atoms with Gasteiger partial charge in [-0.3, -0.25) is 9.59 Å². The maximum absolute atomic E-state index is 11.9. The molecule has 0 aromatic heterocycles. The van der Waals surface area contributed by atoms with Crippen LogP contribution in [0.1, 0.15) is 57.4 Å². The fourth-order valence-electron chi connectivity index (χ4n) is 3.58. The number of methoxy groups -OCH3 is 2. The van der Waals surface area contributed by atoms with Gasteiger partial charge in [0.2, 0.25) is 0 Å². The van der Waals surface area contributed by atoms with Gasteiger partial charge in [0.1, 0.15) is 17.9 Å². The van der Waals surface area contributed by atoms with Gasteiger partial charge in [0.25, 0.3) is 0 Å². The Morgan fingerprint density at radius 1 is 0.850 bits per heavy atom. The summed E-state index contributed by atoms with van der Waals surface area (Å²) in [4.78, 5) is 22.1. The standard InChI is InChI=1S/C14H15NO3.C9H10Br2O.C5H7NO2.2CH4/c1-3-18-13(16)14(9-15)7-10-4-5-12(17-2)6-11(10)8-14;1-12-9-3-2-7(5-10)8(4-9)6-11;1-2-8-5(7)3-4-6;;/h4-6H,3,7-8H2,1-2H3;2-4H,5-6H2,1H3;2-3H2,1H3;2*1H4. The van der Waals surface area contributed by atoms with E-state index in [-0.39, 0.29) is 21.3 Å². The zero-order chi connectivity index (χ0) is 28.6. The van der Waals surface area contributed by atoms with E-state index in [9.17, 15) is 14.9 Å². The predicted octanol–water partition coefficient (Wildman–Crippen LogP) is 7.09. The summed E-state index contributed by atoms with van der Waals surface area (Å²) in [6.07, 6.45) is 0.671. The molecule has 8 nitrogen and oxygen atoms in total. The van der Waals surface area contributed by atoms with Crippen molar-refractivity contribution in [3.05, 3.63) is 58.7 Å². The number of rotatable bonds is 8. The average Bonchev–Trinajstić information content (AvgIpc) is 3.33. The van der Waals surface area contributed by atoms with Gasteiger partial charge in [-0.1, -0.05) is 58.8 Å². The Morgan fingerprint density at radius 2 is 1.40 bits per heavy atom. The summed E-state index contributed by atoms with van der Waals surface area (Å²) < 4.78 is 19.7. The largest absolute Gasteiger partial charge is 0.497 e. The lowest BCUT2D eigenvalue weighted by molar-refractivity contribution is -0.151. The first-order chi connectivity index (χ1) is 18.3. The summed E-state index contributed by atoms with van der Waals surface area (Å²) in [6, 6.07) is 15.5. The molecule has 1 atom stereocenters. The van der Waals surface area contributed by atoms with E-state index in [1.807, 2.05) is 30.3 Å². The van der Waals surface area contributed by atoms with E-state index < -0.39 is 17.4 Å². The van der Waals surface area contributed by atoms with E-state index in [2.05, 4.69) is 48.7 Å². The lowest BCUT2D eigenvalue weighted by Gasteiger charge is -2.17. The van der Waals surface area contributed by atoms with Crippen LogP contribution in [0.3, 0.4) is 0 Å². The summed E-state index contributed by atoms with van der Waals surface area (Å²) in [6.45, 7) is 4.09. The maximum atomic E-state index is 11.9. The molecule has 0 heterocycles. The molecule has 3 rings (SSSR count). The second-order valence-corrected chi connectivity index (χ2v) is 9.07. The molecule has 0 radical (unpaired) electrons. The minimum atomic E-state index is -1.06. The van der Waals surface area contributed by atoms with Crippen LogP contribution < -0.4 is 9.47 Å². The van der Waals surface area contributed by atoms with Gasteiger partial charge in [0.05, 0.1) is 39.6 Å². The van der Waals surface area contributed by atoms with Crippen molar-refractivity contribution in [1.82, 2.24) is 0 Å². The number of fused-ring (bicyclic) bond motifs is 1. The lowest BCUT2D eigenvalue weighted by atomic mass is 9.87. The second kappa shape index (κ2) is 20.8. The minimum absolute atomic E-state index is 0. The number of halogens is 2. The van der Waals surface area contributed by atoms with Crippen LogP contribution in [0.2, 0.25) is 0 Å². The van der Waals surface area contributed by atoms with E-state index >= 15 is 0 Å². The third-order valence-electron chi connectivity index (χ3n) is 5.51. The van der Waals surface area contributed by atoms with Crippen LogP contribution in [-0.4, -0.2) is 39.4 Å². The van der Waals surface area contributed by atoms with E-state index in [0.29, 0.717) is 26.1 Å². The SMILES string of the molecule is C.C.CCOC(=O)C1(C#N)Cc2ccc(OC)cc2C1.CCOC(=O)CC#N.COc1ccc(CBr)c(CBr)c1. The molecule has 0 saturated carbocycles. The molecule has 40 heavy (non-hydrogen) atoms. The number of ether oxygens (including phenoxy) is 4. The first-order valence-corrected chi connectivity index (χ1v) is 14.1. The summed E-state index contributed by atoms with van der Waals surface area (Å²) in [5, 5.41) is 19.0. The molecule has 10 heteroatoms. The van der Waals surface area contributed by atoms with Crippen LogP contribution in [0, 0.1) is 28.1 Å².